The Labute approximate surface area is 93.0 Å². The summed E-state index contributed by atoms with van der Waals surface area (Å²) in [5, 5.41) is 2.87. The molecule has 1 amide bonds. The van der Waals surface area contributed by atoms with Crippen molar-refractivity contribution in [1.29, 1.82) is 0 Å². The first-order valence-corrected chi connectivity index (χ1v) is 5.50. The van der Waals surface area contributed by atoms with Crippen molar-refractivity contribution in [3.8, 4) is 0 Å². The lowest BCUT2D eigenvalue weighted by molar-refractivity contribution is -0.186. The summed E-state index contributed by atoms with van der Waals surface area (Å²) >= 11 is 0. The fraction of sp³-hybridized carbons (Fsp3) is 0.900. The van der Waals surface area contributed by atoms with E-state index < -0.39 is 12.1 Å². The van der Waals surface area contributed by atoms with Gasteiger partial charge >= 0.3 is 6.18 Å². The van der Waals surface area contributed by atoms with Crippen molar-refractivity contribution >= 4 is 5.91 Å². The molecule has 16 heavy (non-hydrogen) atoms. The fourth-order valence-corrected chi connectivity index (χ4v) is 1.80. The van der Waals surface area contributed by atoms with Crippen LogP contribution in [0, 0.1) is 5.92 Å². The van der Waals surface area contributed by atoms with Crippen molar-refractivity contribution < 1.29 is 18.0 Å². The van der Waals surface area contributed by atoms with E-state index in [-0.39, 0.29) is 38.4 Å². The van der Waals surface area contributed by atoms with Gasteiger partial charge in [-0.15, -0.1) is 0 Å². The minimum absolute atomic E-state index is 0.0291. The van der Waals surface area contributed by atoms with E-state index in [0.29, 0.717) is 6.54 Å². The van der Waals surface area contributed by atoms with Crippen molar-refractivity contribution in [2.45, 2.75) is 25.9 Å². The normalized spacial score (nSPS) is 18.9. The van der Waals surface area contributed by atoms with Gasteiger partial charge in [0.05, 0.1) is 12.5 Å². The largest absolute Gasteiger partial charge is 0.391 e. The van der Waals surface area contributed by atoms with Gasteiger partial charge in [0.2, 0.25) is 5.91 Å². The van der Waals surface area contributed by atoms with Crippen molar-refractivity contribution in [2.24, 2.45) is 5.92 Å². The molecule has 1 rings (SSSR count). The lowest BCUT2D eigenvalue weighted by atomic mass is 9.96. The van der Waals surface area contributed by atoms with Crippen LogP contribution < -0.4 is 5.32 Å². The zero-order valence-corrected chi connectivity index (χ0v) is 9.31. The highest BCUT2D eigenvalue weighted by Crippen LogP contribution is 2.33. The molecule has 1 N–H and O–H groups in total. The number of halogens is 3. The number of rotatable bonds is 3. The number of piperidine rings is 1. The molecule has 1 heterocycles. The van der Waals surface area contributed by atoms with Crippen LogP contribution in [0.2, 0.25) is 0 Å². The highest BCUT2D eigenvalue weighted by Gasteiger charge is 2.41. The molecule has 6 heteroatoms. The molecular weight excluding hydrogens is 221 g/mol. The number of likely N-dealkylation sites (tertiary alicyclic amines) is 1. The van der Waals surface area contributed by atoms with E-state index in [4.69, 9.17) is 0 Å². The first-order valence-electron chi connectivity index (χ1n) is 5.50. The summed E-state index contributed by atoms with van der Waals surface area (Å²) in [7, 11) is 0. The van der Waals surface area contributed by atoms with Gasteiger partial charge in [-0.2, -0.15) is 13.2 Å². The van der Waals surface area contributed by atoms with Gasteiger partial charge in [0.25, 0.3) is 0 Å². The smallest absolute Gasteiger partial charge is 0.342 e. The Hall–Kier alpha value is -0.780. The standard InChI is InChI=1S/C10H17F3N2O/c1-2-14-7-9(16)15-5-3-8(4-6-15)10(11,12)13/h8,14H,2-7H2,1H3. The molecule has 94 valence electrons. The maximum atomic E-state index is 12.4. The Balaban J connectivity index is 2.34. The zero-order valence-electron chi connectivity index (χ0n) is 9.31. The Morgan fingerprint density at radius 3 is 2.38 bits per heavy atom. The second kappa shape index (κ2) is 5.52. The van der Waals surface area contributed by atoms with Crippen molar-refractivity contribution in [2.75, 3.05) is 26.2 Å². The fourth-order valence-electron chi connectivity index (χ4n) is 1.80. The van der Waals surface area contributed by atoms with Gasteiger partial charge in [0.15, 0.2) is 0 Å². The first-order chi connectivity index (χ1) is 7.45. The van der Waals surface area contributed by atoms with Gasteiger partial charge in [-0.25, -0.2) is 0 Å². The minimum atomic E-state index is -4.11. The molecule has 0 aromatic rings. The summed E-state index contributed by atoms with van der Waals surface area (Å²) < 4.78 is 37.1. The molecule has 0 unspecified atom stereocenters. The highest BCUT2D eigenvalue weighted by molar-refractivity contribution is 5.78. The number of nitrogens with zero attached hydrogens (tertiary/aromatic N) is 1. The quantitative estimate of drug-likeness (QED) is 0.806. The van der Waals surface area contributed by atoms with Gasteiger partial charge in [-0.05, 0) is 19.4 Å². The number of carbonyl (C=O) groups is 1. The van der Waals surface area contributed by atoms with Crippen LogP contribution in [-0.2, 0) is 4.79 Å². The molecule has 0 spiro atoms. The number of hydrogen-bond donors (Lipinski definition) is 1. The third-order valence-electron chi connectivity index (χ3n) is 2.84. The summed E-state index contributed by atoms with van der Waals surface area (Å²) in [6.45, 7) is 3.21. The minimum Gasteiger partial charge on any atom is -0.342 e. The predicted molar refractivity (Wildman–Crippen MR) is 53.9 cm³/mol. The number of amides is 1. The topological polar surface area (TPSA) is 32.3 Å². The van der Waals surface area contributed by atoms with E-state index in [9.17, 15) is 18.0 Å². The molecule has 1 aliphatic rings. The molecule has 3 nitrogen and oxygen atoms in total. The van der Waals surface area contributed by atoms with Crippen LogP contribution in [0.4, 0.5) is 13.2 Å². The van der Waals surface area contributed by atoms with Crippen LogP contribution in [-0.4, -0.2) is 43.2 Å². The average molecular weight is 238 g/mol. The van der Waals surface area contributed by atoms with Gasteiger partial charge < -0.3 is 10.2 Å². The Morgan fingerprint density at radius 1 is 1.38 bits per heavy atom. The first kappa shape index (κ1) is 13.3. The Morgan fingerprint density at radius 2 is 1.94 bits per heavy atom. The zero-order chi connectivity index (χ0) is 12.2. The average Bonchev–Trinajstić information content (AvgIpc) is 2.25. The second-order valence-electron chi connectivity index (χ2n) is 3.98. The summed E-state index contributed by atoms with van der Waals surface area (Å²) in [6, 6.07) is 0. The van der Waals surface area contributed by atoms with Crippen molar-refractivity contribution in [1.82, 2.24) is 10.2 Å². The monoisotopic (exact) mass is 238 g/mol. The highest BCUT2D eigenvalue weighted by atomic mass is 19.4. The number of carbonyl (C=O) groups excluding carboxylic acids is 1. The van der Waals surface area contributed by atoms with E-state index in [0.717, 1.165) is 0 Å². The Bertz CT molecular complexity index is 235. The molecule has 0 atom stereocenters. The van der Waals surface area contributed by atoms with E-state index in [2.05, 4.69) is 5.32 Å². The van der Waals surface area contributed by atoms with Crippen LogP contribution in [0.25, 0.3) is 0 Å². The summed E-state index contributed by atoms with van der Waals surface area (Å²) in [5.74, 6) is -1.35. The van der Waals surface area contributed by atoms with E-state index >= 15 is 0 Å². The van der Waals surface area contributed by atoms with E-state index in [1.54, 1.807) is 0 Å². The number of nitrogens with one attached hydrogen (secondary N) is 1. The molecular formula is C10H17F3N2O. The third-order valence-corrected chi connectivity index (χ3v) is 2.84. The molecule has 1 saturated heterocycles. The maximum absolute atomic E-state index is 12.4. The van der Waals surface area contributed by atoms with Crippen LogP contribution >= 0.6 is 0 Å². The van der Waals surface area contributed by atoms with Crippen LogP contribution in [0.5, 0.6) is 0 Å². The molecule has 0 saturated carbocycles. The number of likely N-dealkylation sites (N-methyl/N-ethyl adjacent to an activating group) is 1. The lowest BCUT2D eigenvalue weighted by Gasteiger charge is -2.33. The molecule has 1 fully saturated rings. The van der Waals surface area contributed by atoms with Gasteiger partial charge in [0.1, 0.15) is 0 Å². The van der Waals surface area contributed by atoms with Gasteiger partial charge in [-0.3, -0.25) is 4.79 Å². The van der Waals surface area contributed by atoms with E-state index in [1.807, 2.05) is 6.92 Å². The number of hydrogen-bond acceptors (Lipinski definition) is 2. The van der Waals surface area contributed by atoms with Gasteiger partial charge in [0, 0.05) is 13.1 Å². The van der Waals surface area contributed by atoms with Crippen LogP contribution in [0.15, 0.2) is 0 Å². The van der Waals surface area contributed by atoms with Crippen LogP contribution in [0.3, 0.4) is 0 Å². The molecule has 0 aromatic carbocycles. The molecule has 0 bridgehead atoms. The molecule has 1 aliphatic heterocycles. The maximum Gasteiger partial charge on any atom is 0.391 e. The lowest BCUT2D eigenvalue weighted by Crippen LogP contribution is -2.45. The van der Waals surface area contributed by atoms with Crippen LogP contribution in [0.1, 0.15) is 19.8 Å². The molecule has 0 aromatic heterocycles. The van der Waals surface area contributed by atoms with Crippen molar-refractivity contribution in [3.05, 3.63) is 0 Å². The molecule has 0 radical (unpaired) electrons. The summed E-state index contributed by atoms with van der Waals surface area (Å²) in [5.41, 5.74) is 0. The SMILES string of the molecule is CCNCC(=O)N1CCC(C(F)(F)F)CC1. The third kappa shape index (κ3) is 3.66. The Kier molecular flexibility index (Phi) is 4.58. The summed E-state index contributed by atoms with van der Waals surface area (Å²) in [6.07, 6.45) is -4.06. The van der Waals surface area contributed by atoms with Gasteiger partial charge in [-0.1, -0.05) is 6.92 Å². The van der Waals surface area contributed by atoms with Crippen molar-refractivity contribution in [3.63, 3.8) is 0 Å². The molecule has 0 aliphatic carbocycles. The second-order valence-corrected chi connectivity index (χ2v) is 3.98. The van der Waals surface area contributed by atoms with E-state index in [1.165, 1.54) is 4.90 Å². The number of alkyl halides is 3. The predicted octanol–water partition coefficient (Wildman–Crippen LogP) is 1.40. The summed E-state index contributed by atoms with van der Waals surface area (Å²) in [4.78, 5) is 13.0.